The van der Waals surface area contributed by atoms with Crippen LogP contribution in [-0.2, 0) is 9.59 Å². The highest BCUT2D eigenvalue weighted by atomic mass is 79.9. The smallest absolute Gasteiger partial charge is 0.335 e. The largest absolute Gasteiger partial charge is 0.507 e. The second kappa shape index (κ2) is 6.64. The first-order chi connectivity index (χ1) is 12.3. The average molecular weight is 417 g/mol. The molecule has 1 aliphatic heterocycles. The van der Waals surface area contributed by atoms with Crippen LogP contribution in [-0.4, -0.2) is 28.1 Å². The number of nitrogens with one attached hydrogen (secondary N) is 1. The van der Waals surface area contributed by atoms with Gasteiger partial charge in [0.25, 0.3) is 11.8 Å². The number of barbiturate groups is 1. The lowest BCUT2D eigenvalue weighted by Crippen LogP contribution is -2.54. The number of phenols is 2. The predicted molar refractivity (Wildman–Crippen MR) is 97.7 cm³/mol. The van der Waals surface area contributed by atoms with Gasteiger partial charge < -0.3 is 10.2 Å². The number of urea groups is 1. The fraction of sp³-hybridized carbons (Fsp3) is 0.0556. The molecule has 1 heterocycles. The van der Waals surface area contributed by atoms with Crippen LogP contribution in [0.15, 0.2) is 46.4 Å². The Labute approximate surface area is 156 Å². The van der Waals surface area contributed by atoms with Crippen molar-refractivity contribution in [2.45, 2.75) is 6.92 Å². The van der Waals surface area contributed by atoms with Crippen LogP contribution in [0.5, 0.6) is 11.5 Å². The summed E-state index contributed by atoms with van der Waals surface area (Å²) in [5.74, 6) is -2.20. The molecule has 0 unspecified atom stereocenters. The van der Waals surface area contributed by atoms with Crippen molar-refractivity contribution in [1.29, 1.82) is 0 Å². The summed E-state index contributed by atoms with van der Waals surface area (Å²) in [5, 5.41) is 21.6. The topological polar surface area (TPSA) is 107 Å². The maximum Gasteiger partial charge on any atom is 0.335 e. The number of nitrogens with zero attached hydrogens (tertiary/aromatic N) is 1. The molecule has 0 atom stereocenters. The Hall–Kier alpha value is -3.13. The van der Waals surface area contributed by atoms with Crippen LogP contribution in [0.2, 0.25) is 0 Å². The molecule has 0 saturated carbocycles. The zero-order chi connectivity index (χ0) is 19.0. The van der Waals surface area contributed by atoms with Crippen LogP contribution in [0.25, 0.3) is 6.08 Å². The molecule has 1 saturated heterocycles. The van der Waals surface area contributed by atoms with Crippen LogP contribution in [0, 0.1) is 6.92 Å². The van der Waals surface area contributed by atoms with Gasteiger partial charge in [0.05, 0.1) is 10.2 Å². The maximum atomic E-state index is 12.7. The summed E-state index contributed by atoms with van der Waals surface area (Å²) >= 11 is 3.10. The minimum atomic E-state index is -0.869. The Bertz CT molecular complexity index is 966. The number of hydrogen-bond acceptors (Lipinski definition) is 5. The van der Waals surface area contributed by atoms with E-state index >= 15 is 0 Å². The second-order valence-corrected chi connectivity index (χ2v) is 6.51. The summed E-state index contributed by atoms with van der Waals surface area (Å²) in [6.07, 6.45) is 1.16. The number of aromatic hydroxyl groups is 2. The summed E-state index contributed by atoms with van der Waals surface area (Å²) < 4.78 is 0.275. The van der Waals surface area contributed by atoms with Gasteiger partial charge in [0.1, 0.15) is 17.1 Å². The van der Waals surface area contributed by atoms with Gasteiger partial charge in [-0.2, -0.15) is 0 Å². The van der Waals surface area contributed by atoms with Crippen LogP contribution < -0.4 is 10.2 Å². The average Bonchev–Trinajstić information content (AvgIpc) is 2.57. The number of imide groups is 2. The molecule has 2 aromatic carbocycles. The minimum absolute atomic E-state index is 0.131. The number of hydrogen-bond donors (Lipinski definition) is 3. The zero-order valence-electron chi connectivity index (χ0n) is 13.5. The van der Waals surface area contributed by atoms with E-state index in [0.717, 1.165) is 22.6 Å². The lowest BCUT2D eigenvalue weighted by Gasteiger charge is -2.26. The lowest BCUT2D eigenvalue weighted by molar-refractivity contribution is -0.122. The molecule has 0 radical (unpaired) electrons. The van der Waals surface area contributed by atoms with Gasteiger partial charge in [0.2, 0.25) is 0 Å². The van der Waals surface area contributed by atoms with E-state index in [1.54, 1.807) is 24.3 Å². The van der Waals surface area contributed by atoms with Gasteiger partial charge >= 0.3 is 6.03 Å². The highest BCUT2D eigenvalue weighted by Crippen LogP contribution is 2.33. The molecule has 4 amide bonds. The van der Waals surface area contributed by atoms with E-state index < -0.39 is 17.8 Å². The number of halogens is 1. The van der Waals surface area contributed by atoms with E-state index in [-0.39, 0.29) is 27.1 Å². The van der Waals surface area contributed by atoms with Gasteiger partial charge in [0.15, 0.2) is 0 Å². The summed E-state index contributed by atoms with van der Waals surface area (Å²) in [6.45, 7) is 1.86. The standard InChI is InChI=1S/C18H13BrN2O5/c1-9-2-4-11(5-3-9)21-17(25)12(16(24)20-18(21)26)6-10-7-13(19)15(23)8-14(10)22/h2-8,22-23H,1H3,(H,20,24,26)/b12-6+. The zero-order valence-corrected chi connectivity index (χ0v) is 15.1. The molecule has 3 N–H and O–H groups in total. The van der Waals surface area contributed by atoms with Crippen LogP contribution in [0.3, 0.4) is 0 Å². The van der Waals surface area contributed by atoms with Gasteiger partial charge in [-0.15, -0.1) is 0 Å². The Morgan fingerprint density at radius 3 is 2.35 bits per heavy atom. The number of phenolic OH excluding ortho intramolecular Hbond substituents is 2. The highest BCUT2D eigenvalue weighted by Gasteiger charge is 2.36. The van der Waals surface area contributed by atoms with E-state index in [4.69, 9.17) is 0 Å². The molecule has 26 heavy (non-hydrogen) atoms. The number of carbonyl (C=O) groups excluding carboxylic acids is 3. The first-order valence-corrected chi connectivity index (χ1v) is 8.27. The molecule has 2 aromatic rings. The molecule has 8 heteroatoms. The van der Waals surface area contributed by atoms with Crippen molar-refractivity contribution in [3.05, 3.63) is 57.6 Å². The van der Waals surface area contributed by atoms with Crippen molar-refractivity contribution >= 4 is 45.5 Å². The highest BCUT2D eigenvalue weighted by molar-refractivity contribution is 9.10. The van der Waals surface area contributed by atoms with E-state index in [1.807, 2.05) is 6.92 Å². The van der Waals surface area contributed by atoms with Gasteiger partial charge in [0, 0.05) is 11.6 Å². The van der Waals surface area contributed by atoms with Crippen LogP contribution in [0.1, 0.15) is 11.1 Å². The summed E-state index contributed by atoms with van der Waals surface area (Å²) in [6, 6.07) is 8.23. The number of aryl methyl sites for hydroxylation is 1. The quantitative estimate of drug-likeness (QED) is 0.515. The third-order valence-corrected chi connectivity index (χ3v) is 4.42. The van der Waals surface area contributed by atoms with Crippen molar-refractivity contribution < 1.29 is 24.6 Å². The molecule has 0 spiro atoms. The lowest BCUT2D eigenvalue weighted by atomic mass is 10.1. The Balaban J connectivity index is 2.05. The maximum absolute atomic E-state index is 12.7. The number of carbonyl (C=O) groups is 3. The molecule has 0 bridgehead atoms. The Morgan fingerprint density at radius 2 is 1.69 bits per heavy atom. The van der Waals surface area contributed by atoms with Crippen molar-refractivity contribution in [2.24, 2.45) is 0 Å². The number of anilines is 1. The molecule has 3 rings (SSSR count). The molecule has 7 nitrogen and oxygen atoms in total. The second-order valence-electron chi connectivity index (χ2n) is 5.66. The first-order valence-electron chi connectivity index (χ1n) is 7.47. The van der Waals surface area contributed by atoms with Crippen LogP contribution >= 0.6 is 15.9 Å². The van der Waals surface area contributed by atoms with Crippen molar-refractivity contribution in [1.82, 2.24) is 5.32 Å². The van der Waals surface area contributed by atoms with E-state index in [2.05, 4.69) is 21.2 Å². The van der Waals surface area contributed by atoms with Gasteiger partial charge in [-0.1, -0.05) is 17.7 Å². The Kier molecular flexibility index (Phi) is 4.52. The Morgan fingerprint density at radius 1 is 1.04 bits per heavy atom. The molecule has 1 fully saturated rings. The number of benzene rings is 2. The van der Waals surface area contributed by atoms with Crippen molar-refractivity contribution in [3.8, 4) is 11.5 Å². The monoisotopic (exact) mass is 416 g/mol. The molecule has 1 aliphatic rings. The molecule has 0 aromatic heterocycles. The number of amides is 4. The normalized spacial score (nSPS) is 16.2. The molecule has 132 valence electrons. The third-order valence-electron chi connectivity index (χ3n) is 3.79. The number of rotatable bonds is 2. The first kappa shape index (κ1) is 17.7. The van der Waals surface area contributed by atoms with Crippen LogP contribution in [0.4, 0.5) is 10.5 Å². The van der Waals surface area contributed by atoms with Gasteiger partial charge in [-0.25, -0.2) is 9.69 Å². The van der Waals surface area contributed by atoms with Gasteiger partial charge in [-0.05, 0) is 47.1 Å². The third kappa shape index (κ3) is 3.18. The van der Waals surface area contributed by atoms with E-state index in [1.165, 1.54) is 6.07 Å². The molecular formula is C18H13BrN2O5. The summed E-state index contributed by atoms with van der Waals surface area (Å²) in [5.41, 5.74) is 1.07. The minimum Gasteiger partial charge on any atom is -0.507 e. The van der Waals surface area contributed by atoms with Crippen molar-refractivity contribution in [2.75, 3.05) is 4.90 Å². The van der Waals surface area contributed by atoms with Gasteiger partial charge in [-0.3, -0.25) is 14.9 Å². The van der Waals surface area contributed by atoms with E-state index in [0.29, 0.717) is 5.69 Å². The molecular weight excluding hydrogens is 404 g/mol. The summed E-state index contributed by atoms with van der Waals surface area (Å²) in [4.78, 5) is 37.8. The SMILES string of the molecule is Cc1ccc(N2C(=O)NC(=O)/C(=C\c3cc(Br)c(O)cc3O)C2=O)cc1. The predicted octanol–water partition coefficient (Wildman–Crippen LogP) is 2.84. The van der Waals surface area contributed by atoms with E-state index in [9.17, 15) is 24.6 Å². The fourth-order valence-electron chi connectivity index (χ4n) is 2.42. The molecule has 0 aliphatic carbocycles. The summed E-state index contributed by atoms with van der Waals surface area (Å²) in [7, 11) is 0. The van der Waals surface area contributed by atoms with Crippen molar-refractivity contribution in [3.63, 3.8) is 0 Å². The fourth-order valence-corrected chi connectivity index (χ4v) is 2.78.